The molecule has 7 heteroatoms. The average molecular weight is 244 g/mol. The van der Waals surface area contributed by atoms with Crippen LogP contribution in [0.3, 0.4) is 0 Å². The summed E-state index contributed by atoms with van der Waals surface area (Å²) < 4.78 is 6.52. The Hall–Kier alpha value is -2.57. The molecule has 3 N–H and O–H groups in total. The fraction of sp³-hybridized carbons (Fsp3) is 0.182. The predicted molar refractivity (Wildman–Crippen MR) is 66.8 cm³/mol. The highest BCUT2D eigenvalue weighted by Crippen LogP contribution is 2.25. The number of benzene rings is 1. The van der Waals surface area contributed by atoms with Crippen LogP contribution in [0.2, 0.25) is 0 Å². The van der Waals surface area contributed by atoms with Gasteiger partial charge in [-0.2, -0.15) is 5.10 Å². The third-order valence-corrected chi connectivity index (χ3v) is 2.83. The first-order valence-electron chi connectivity index (χ1n) is 5.47. The Morgan fingerprint density at radius 3 is 2.89 bits per heavy atom. The van der Waals surface area contributed by atoms with Gasteiger partial charge in [0.25, 0.3) is 0 Å². The molecule has 0 saturated carbocycles. The second kappa shape index (κ2) is 4.02. The summed E-state index contributed by atoms with van der Waals surface area (Å²) in [5.74, 6) is 0. The molecule has 0 aliphatic heterocycles. The second-order valence-corrected chi connectivity index (χ2v) is 3.96. The van der Waals surface area contributed by atoms with Gasteiger partial charge in [0.1, 0.15) is 0 Å². The van der Waals surface area contributed by atoms with Crippen LogP contribution >= 0.6 is 0 Å². The quantitative estimate of drug-likeness (QED) is 0.671. The predicted octanol–water partition coefficient (Wildman–Crippen LogP) is 1.15. The van der Waals surface area contributed by atoms with Crippen molar-refractivity contribution in [3.63, 3.8) is 0 Å². The summed E-state index contributed by atoms with van der Waals surface area (Å²) in [5, 5.41) is 15.0. The van der Waals surface area contributed by atoms with E-state index in [1.807, 2.05) is 23.9 Å². The third kappa shape index (κ3) is 1.65. The van der Waals surface area contributed by atoms with Crippen molar-refractivity contribution in [2.75, 3.05) is 11.1 Å². The van der Waals surface area contributed by atoms with Crippen molar-refractivity contribution < 1.29 is 4.63 Å². The zero-order valence-electron chi connectivity index (χ0n) is 9.79. The molecule has 0 aliphatic carbocycles. The van der Waals surface area contributed by atoms with E-state index in [4.69, 9.17) is 10.4 Å². The molecular weight excluding hydrogens is 232 g/mol. The fourth-order valence-corrected chi connectivity index (χ4v) is 1.79. The summed E-state index contributed by atoms with van der Waals surface area (Å²) in [7, 11) is 1.90. The lowest BCUT2D eigenvalue weighted by Crippen LogP contribution is -2.06. The second-order valence-electron chi connectivity index (χ2n) is 3.96. The van der Waals surface area contributed by atoms with Gasteiger partial charge < -0.3 is 11.1 Å². The van der Waals surface area contributed by atoms with E-state index >= 15 is 0 Å². The minimum atomic E-state index is 0.553. The van der Waals surface area contributed by atoms with Crippen molar-refractivity contribution in [1.82, 2.24) is 20.1 Å². The number of nitrogens with zero attached hydrogens (tertiary/aromatic N) is 4. The van der Waals surface area contributed by atoms with Crippen molar-refractivity contribution in [1.29, 1.82) is 0 Å². The number of aromatic nitrogens is 4. The molecule has 0 spiro atoms. The minimum Gasteiger partial charge on any atom is -0.397 e. The number of anilines is 2. The van der Waals surface area contributed by atoms with E-state index in [-0.39, 0.29) is 0 Å². The van der Waals surface area contributed by atoms with Gasteiger partial charge >= 0.3 is 0 Å². The lowest BCUT2D eigenvalue weighted by atomic mass is 10.2. The fourth-order valence-electron chi connectivity index (χ4n) is 1.79. The van der Waals surface area contributed by atoms with Crippen molar-refractivity contribution in [3.8, 4) is 0 Å². The van der Waals surface area contributed by atoms with Crippen molar-refractivity contribution >= 4 is 22.4 Å². The SMILES string of the molecule is Cn1nccc1CNc1ccc(N)c2nonc12. The van der Waals surface area contributed by atoms with Gasteiger partial charge in [-0.15, -0.1) is 0 Å². The molecule has 0 radical (unpaired) electrons. The molecule has 18 heavy (non-hydrogen) atoms. The molecular formula is C11H12N6O. The molecule has 7 nitrogen and oxygen atoms in total. The molecule has 0 bridgehead atoms. The number of rotatable bonds is 3. The number of nitrogen functional groups attached to an aromatic ring is 1. The zero-order valence-corrected chi connectivity index (χ0v) is 9.79. The molecule has 0 atom stereocenters. The van der Waals surface area contributed by atoms with Crippen LogP contribution < -0.4 is 11.1 Å². The summed E-state index contributed by atoms with van der Waals surface area (Å²) in [4.78, 5) is 0. The standard InChI is InChI=1S/C11H12N6O/c1-17-7(4-5-14-17)6-13-9-3-2-8(12)10-11(9)16-18-15-10/h2-5,13H,6,12H2,1H3. The van der Waals surface area contributed by atoms with Crippen LogP contribution in [0.1, 0.15) is 5.69 Å². The Kier molecular flexibility index (Phi) is 2.36. The molecule has 0 aliphatic rings. The normalized spacial score (nSPS) is 10.9. The molecule has 0 fully saturated rings. The summed E-state index contributed by atoms with van der Waals surface area (Å²) >= 11 is 0. The molecule has 3 aromatic rings. The van der Waals surface area contributed by atoms with Crippen LogP contribution in [0.4, 0.5) is 11.4 Å². The monoisotopic (exact) mass is 244 g/mol. The summed E-state index contributed by atoms with van der Waals surface area (Å²) in [5.41, 5.74) is 9.44. The third-order valence-electron chi connectivity index (χ3n) is 2.83. The van der Waals surface area contributed by atoms with Gasteiger partial charge in [0.05, 0.1) is 23.6 Å². The lowest BCUT2D eigenvalue weighted by molar-refractivity contribution is 0.315. The van der Waals surface area contributed by atoms with Gasteiger partial charge in [-0.25, -0.2) is 4.63 Å². The number of hydrogen-bond donors (Lipinski definition) is 2. The summed E-state index contributed by atoms with van der Waals surface area (Å²) in [6.45, 7) is 0.641. The van der Waals surface area contributed by atoms with Crippen LogP contribution in [0.15, 0.2) is 29.0 Å². The van der Waals surface area contributed by atoms with Gasteiger partial charge in [0.2, 0.25) is 0 Å². The van der Waals surface area contributed by atoms with E-state index in [9.17, 15) is 0 Å². The van der Waals surface area contributed by atoms with Gasteiger partial charge in [0.15, 0.2) is 11.0 Å². The molecule has 92 valence electrons. The van der Waals surface area contributed by atoms with Crippen LogP contribution in [0.5, 0.6) is 0 Å². The van der Waals surface area contributed by atoms with Gasteiger partial charge in [-0.3, -0.25) is 4.68 Å². The Labute approximate surface area is 103 Å². The first kappa shape index (κ1) is 10.6. The lowest BCUT2D eigenvalue weighted by Gasteiger charge is -2.07. The Balaban J connectivity index is 1.89. The van der Waals surface area contributed by atoms with Crippen molar-refractivity contribution in [2.24, 2.45) is 7.05 Å². The van der Waals surface area contributed by atoms with Crippen molar-refractivity contribution in [2.45, 2.75) is 6.54 Å². The maximum absolute atomic E-state index is 5.78. The topological polar surface area (TPSA) is 94.8 Å². The number of hydrogen-bond acceptors (Lipinski definition) is 6. The van der Waals surface area contributed by atoms with Crippen LogP contribution in [-0.4, -0.2) is 20.1 Å². The average Bonchev–Trinajstić information content (AvgIpc) is 2.98. The van der Waals surface area contributed by atoms with Gasteiger partial charge in [-0.1, -0.05) is 0 Å². The molecule has 0 saturated heterocycles. The highest BCUT2D eigenvalue weighted by molar-refractivity contribution is 5.94. The molecule has 2 heterocycles. The molecule has 1 aromatic carbocycles. The van der Waals surface area contributed by atoms with E-state index < -0.39 is 0 Å². The Morgan fingerprint density at radius 1 is 1.28 bits per heavy atom. The first-order chi connectivity index (χ1) is 8.75. The summed E-state index contributed by atoms with van der Waals surface area (Å²) in [6, 6.07) is 5.58. The molecule has 3 rings (SSSR count). The van der Waals surface area contributed by atoms with E-state index in [0.29, 0.717) is 23.3 Å². The zero-order chi connectivity index (χ0) is 12.5. The van der Waals surface area contributed by atoms with E-state index in [1.165, 1.54) is 0 Å². The van der Waals surface area contributed by atoms with Crippen LogP contribution in [0, 0.1) is 0 Å². The Morgan fingerprint density at radius 2 is 2.11 bits per heavy atom. The van der Waals surface area contributed by atoms with E-state index in [2.05, 4.69) is 20.7 Å². The maximum Gasteiger partial charge on any atom is 0.160 e. The number of fused-ring (bicyclic) bond motifs is 1. The molecule has 0 amide bonds. The van der Waals surface area contributed by atoms with Gasteiger partial charge in [0, 0.05) is 13.2 Å². The highest BCUT2D eigenvalue weighted by Gasteiger charge is 2.10. The van der Waals surface area contributed by atoms with Crippen LogP contribution in [0.25, 0.3) is 11.0 Å². The molecule has 0 unspecified atom stereocenters. The van der Waals surface area contributed by atoms with Crippen molar-refractivity contribution in [3.05, 3.63) is 30.1 Å². The minimum absolute atomic E-state index is 0.553. The maximum atomic E-state index is 5.78. The number of nitrogens with one attached hydrogen (secondary N) is 1. The summed E-state index contributed by atoms with van der Waals surface area (Å²) in [6.07, 6.45) is 1.76. The van der Waals surface area contributed by atoms with E-state index in [0.717, 1.165) is 11.4 Å². The largest absolute Gasteiger partial charge is 0.397 e. The molecule has 2 aromatic heterocycles. The van der Waals surface area contributed by atoms with E-state index in [1.54, 1.807) is 12.3 Å². The number of aryl methyl sites for hydroxylation is 1. The Bertz CT molecular complexity index is 686. The highest BCUT2D eigenvalue weighted by atomic mass is 16.6. The van der Waals surface area contributed by atoms with Gasteiger partial charge in [-0.05, 0) is 28.5 Å². The number of nitrogens with two attached hydrogens (primary N) is 1. The van der Waals surface area contributed by atoms with Crippen LogP contribution in [-0.2, 0) is 13.6 Å². The first-order valence-corrected chi connectivity index (χ1v) is 5.47. The smallest absolute Gasteiger partial charge is 0.160 e.